The smallest absolute Gasteiger partial charge is 0.0558 e. The highest BCUT2D eigenvalue weighted by Gasteiger charge is 2.35. The summed E-state index contributed by atoms with van der Waals surface area (Å²) < 4.78 is 5.56. The molecule has 20 heavy (non-hydrogen) atoms. The number of aliphatic hydroxyl groups is 1. The monoisotopic (exact) mass is 284 g/mol. The van der Waals surface area contributed by atoms with E-state index in [0.717, 1.165) is 45.7 Å². The minimum absolute atomic E-state index is 0.280. The molecule has 0 aromatic rings. The van der Waals surface area contributed by atoms with Crippen LogP contribution in [0, 0.1) is 5.41 Å². The molecule has 0 unspecified atom stereocenters. The first-order valence-electron chi connectivity index (χ1n) is 8.37. The standard InChI is InChI=1S/C16H32N2O2/c1-17-13-16(7-11-20-12-8-16)14-18(9-10-19)15-5-3-2-4-6-15/h15,17,19H,2-14H2,1H3. The average molecular weight is 284 g/mol. The Bertz CT molecular complexity index is 256. The number of hydrogen-bond donors (Lipinski definition) is 2. The van der Waals surface area contributed by atoms with Crippen molar-refractivity contribution in [3.8, 4) is 0 Å². The van der Waals surface area contributed by atoms with Crippen molar-refractivity contribution in [3.63, 3.8) is 0 Å². The van der Waals surface area contributed by atoms with Crippen LogP contribution in [0.3, 0.4) is 0 Å². The maximum Gasteiger partial charge on any atom is 0.0558 e. The molecule has 2 aliphatic rings. The predicted molar refractivity (Wildman–Crippen MR) is 81.9 cm³/mol. The van der Waals surface area contributed by atoms with Crippen LogP contribution in [0.15, 0.2) is 0 Å². The number of aliphatic hydroxyl groups excluding tert-OH is 1. The van der Waals surface area contributed by atoms with E-state index < -0.39 is 0 Å². The van der Waals surface area contributed by atoms with Crippen LogP contribution in [0.25, 0.3) is 0 Å². The van der Waals surface area contributed by atoms with E-state index in [-0.39, 0.29) is 6.61 Å². The van der Waals surface area contributed by atoms with Crippen LogP contribution in [0.1, 0.15) is 44.9 Å². The maximum atomic E-state index is 9.43. The molecule has 1 saturated carbocycles. The second-order valence-corrected chi connectivity index (χ2v) is 6.63. The summed E-state index contributed by atoms with van der Waals surface area (Å²) in [5.74, 6) is 0. The first-order chi connectivity index (χ1) is 9.79. The second-order valence-electron chi connectivity index (χ2n) is 6.63. The fraction of sp³-hybridized carbons (Fsp3) is 1.00. The summed E-state index contributed by atoms with van der Waals surface area (Å²) in [4.78, 5) is 2.57. The summed E-state index contributed by atoms with van der Waals surface area (Å²) in [6.07, 6.45) is 9.01. The summed E-state index contributed by atoms with van der Waals surface area (Å²) in [7, 11) is 2.05. The van der Waals surface area contributed by atoms with E-state index in [0.29, 0.717) is 11.5 Å². The summed E-state index contributed by atoms with van der Waals surface area (Å²) >= 11 is 0. The quantitative estimate of drug-likeness (QED) is 0.746. The highest BCUT2D eigenvalue weighted by atomic mass is 16.5. The first-order valence-corrected chi connectivity index (χ1v) is 8.37. The van der Waals surface area contributed by atoms with Crippen LogP contribution in [-0.2, 0) is 4.74 Å². The van der Waals surface area contributed by atoms with Gasteiger partial charge in [-0.05, 0) is 38.1 Å². The van der Waals surface area contributed by atoms with E-state index in [9.17, 15) is 5.11 Å². The summed E-state index contributed by atoms with van der Waals surface area (Å²) in [5.41, 5.74) is 0.333. The van der Waals surface area contributed by atoms with E-state index >= 15 is 0 Å². The molecule has 0 aromatic heterocycles. The third kappa shape index (κ3) is 4.42. The van der Waals surface area contributed by atoms with Gasteiger partial charge in [-0.2, -0.15) is 0 Å². The minimum atomic E-state index is 0.280. The normalized spacial score (nSPS) is 24.1. The van der Waals surface area contributed by atoms with Crippen molar-refractivity contribution < 1.29 is 9.84 Å². The van der Waals surface area contributed by atoms with Crippen LogP contribution in [0.2, 0.25) is 0 Å². The molecule has 4 heteroatoms. The van der Waals surface area contributed by atoms with Gasteiger partial charge in [-0.25, -0.2) is 0 Å². The molecule has 1 heterocycles. The Morgan fingerprint density at radius 1 is 1.20 bits per heavy atom. The predicted octanol–water partition coefficient (Wildman–Crippen LogP) is 1.63. The lowest BCUT2D eigenvalue weighted by atomic mass is 9.78. The highest BCUT2D eigenvalue weighted by molar-refractivity contribution is 4.89. The van der Waals surface area contributed by atoms with Gasteiger partial charge < -0.3 is 15.2 Å². The molecule has 0 radical (unpaired) electrons. The van der Waals surface area contributed by atoms with Gasteiger partial charge in [-0.15, -0.1) is 0 Å². The second kappa shape index (κ2) is 8.32. The van der Waals surface area contributed by atoms with Crippen molar-refractivity contribution in [3.05, 3.63) is 0 Å². The van der Waals surface area contributed by atoms with Gasteiger partial charge in [-0.3, -0.25) is 4.90 Å². The third-order valence-corrected chi connectivity index (χ3v) is 5.12. The Morgan fingerprint density at radius 3 is 2.50 bits per heavy atom. The molecule has 1 saturated heterocycles. The van der Waals surface area contributed by atoms with Crippen LogP contribution in [-0.4, -0.2) is 62.6 Å². The molecule has 2 rings (SSSR count). The number of ether oxygens (including phenoxy) is 1. The van der Waals surface area contributed by atoms with Crippen molar-refractivity contribution in [2.45, 2.75) is 51.0 Å². The largest absolute Gasteiger partial charge is 0.395 e. The molecule has 1 aliphatic heterocycles. The van der Waals surface area contributed by atoms with E-state index in [1.54, 1.807) is 0 Å². The molecular weight excluding hydrogens is 252 g/mol. The third-order valence-electron chi connectivity index (χ3n) is 5.12. The number of nitrogens with zero attached hydrogens (tertiary/aromatic N) is 1. The van der Waals surface area contributed by atoms with Gasteiger partial charge in [-0.1, -0.05) is 19.3 Å². The summed E-state index contributed by atoms with van der Waals surface area (Å²) in [6, 6.07) is 0.687. The van der Waals surface area contributed by atoms with Crippen LogP contribution in [0.5, 0.6) is 0 Å². The molecule has 0 bridgehead atoms. The van der Waals surface area contributed by atoms with Crippen molar-refractivity contribution in [2.24, 2.45) is 5.41 Å². The molecule has 1 aliphatic carbocycles. The fourth-order valence-electron chi connectivity index (χ4n) is 3.97. The Hall–Kier alpha value is -0.160. The Kier molecular flexibility index (Phi) is 6.75. The number of hydrogen-bond acceptors (Lipinski definition) is 4. The fourth-order valence-corrected chi connectivity index (χ4v) is 3.97. The van der Waals surface area contributed by atoms with Crippen molar-refractivity contribution >= 4 is 0 Å². The lowest BCUT2D eigenvalue weighted by Gasteiger charge is -2.44. The zero-order valence-electron chi connectivity index (χ0n) is 13.1. The zero-order chi connectivity index (χ0) is 14.3. The topological polar surface area (TPSA) is 44.7 Å². The molecule has 0 amide bonds. The molecular formula is C16H32N2O2. The molecule has 0 aromatic carbocycles. The van der Waals surface area contributed by atoms with Gasteiger partial charge in [0.15, 0.2) is 0 Å². The van der Waals surface area contributed by atoms with Crippen LogP contribution < -0.4 is 5.32 Å². The van der Waals surface area contributed by atoms with E-state index in [1.165, 1.54) is 32.1 Å². The van der Waals surface area contributed by atoms with Gasteiger partial charge in [0.05, 0.1) is 6.61 Å². The lowest BCUT2D eigenvalue weighted by molar-refractivity contribution is -0.0175. The van der Waals surface area contributed by atoms with E-state index in [4.69, 9.17) is 4.74 Å². The Morgan fingerprint density at radius 2 is 1.90 bits per heavy atom. The van der Waals surface area contributed by atoms with Gasteiger partial charge >= 0.3 is 0 Å². The molecule has 2 N–H and O–H groups in total. The van der Waals surface area contributed by atoms with Crippen molar-refractivity contribution in [1.29, 1.82) is 0 Å². The molecule has 2 fully saturated rings. The van der Waals surface area contributed by atoms with Crippen molar-refractivity contribution in [2.75, 3.05) is 46.5 Å². The van der Waals surface area contributed by atoms with Gasteiger partial charge in [0.25, 0.3) is 0 Å². The minimum Gasteiger partial charge on any atom is -0.395 e. The van der Waals surface area contributed by atoms with E-state index in [2.05, 4.69) is 10.2 Å². The molecule has 0 spiro atoms. The maximum absolute atomic E-state index is 9.43. The Balaban J connectivity index is 1.99. The summed E-state index contributed by atoms with van der Waals surface area (Å²) in [6.45, 7) is 5.06. The SMILES string of the molecule is CNCC1(CN(CCO)C2CCCCC2)CCOCC1. The molecule has 118 valence electrons. The molecule has 0 atom stereocenters. The van der Waals surface area contributed by atoms with Crippen molar-refractivity contribution in [1.82, 2.24) is 10.2 Å². The van der Waals surface area contributed by atoms with Crippen LogP contribution >= 0.6 is 0 Å². The van der Waals surface area contributed by atoms with Gasteiger partial charge in [0.1, 0.15) is 0 Å². The van der Waals surface area contributed by atoms with Gasteiger partial charge in [0.2, 0.25) is 0 Å². The Labute approximate surface area is 123 Å². The summed E-state index contributed by atoms with van der Waals surface area (Å²) in [5, 5.41) is 12.8. The average Bonchev–Trinajstić information content (AvgIpc) is 2.49. The van der Waals surface area contributed by atoms with Crippen LogP contribution in [0.4, 0.5) is 0 Å². The van der Waals surface area contributed by atoms with E-state index in [1.807, 2.05) is 7.05 Å². The first kappa shape index (κ1) is 16.2. The number of nitrogens with one attached hydrogen (secondary N) is 1. The lowest BCUT2D eigenvalue weighted by Crippen LogP contribution is -2.50. The zero-order valence-corrected chi connectivity index (χ0v) is 13.1. The molecule has 4 nitrogen and oxygen atoms in total. The number of rotatable bonds is 7. The highest BCUT2D eigenvalue weighted by Crippen LogP contribution is 2.33. The van der Waals surface area contributed by atoms with Gasteiger partial charge in [0, 0.05) is 38.9 Å².